The zero-order valence-electron chi connectivity index (χ0n) is 8.03. The Morgan fingerprint density at radius 2 is 2.20 bits per heavy atom. The van der Waals surface area contributed by atoms with Crippen LogP contribution in [-0.2, 0) is 0 Å². The van der Waals surface area contributed by atoms with Gasteiger partial charge in [0.25, 0.3) is 0 Å². The van der Waals surface area contributed by atoms with Gasteiger partial charge in [-0.1, -0.05) is 5.16 Å². The number of hydrogen-bond donors (Lipinski definition) is 1. The highest BCUT2D eigenvalue weighted by atomic mass is 19.1. The molecule has 1 aromatic carbocycles. The van der Waals surface area contributed by atoms with E-state index in [1.807, 2.05) is 0 Å². The van der Waals surface area contributed by atoms with E-state index in [9.17, 15) is 4.39 Å². The summed E-state index contributed by atoms with van der Waals surface area (Å²) in [6.07, 6.45) is 0. The van der Waals surface area contributed by atoms with Crippen LogP contribution in [0.4, 0.5) is 10.3 Å². The van der Waals surface area contributed by atoms with E-state index in [0.29, 0.717) is 17.0 Å². The fourth-order valence-electron chi connectivity index (χ4n) is 1.29. The number of anilines is 1. The largest absolute Gasteiger partial charge is 0.496 e. The minimum absolute atomic E-state index is 0.205. The predicted molar refractivity (Wildman–Crippen MR) is 52.9 cm³/mol. The standard InChI is InChI=1S/C10H9FN2O2/c1-14-9-4-6(11)2-3-7(9)8-5-10(12)15-13-8/h2-5H,12H2,1H3. The van der Waals surface area contributed by atoms with E-state index in [2.05, 4.69) is 5.16 Å². The fourth-order valence-corrected chi connectivity index (χ4v) is 1.29. The van der Waals surface area contributed by atoms with Gasteiger partial charge in [-0.25, -0.2) is 4.39 Å². The van der Waals surface area contributed by atoms with Gasteiger partial charge in [0.2, 0.25) is 5.88 Å². The van der Waals surface area contributed by atoms with Gasteiger partial charge in [-0.05, 0) is 12.1 Å². The summed E-state index contributed by atoms with van der Waals surface area (Å²) in [5, 5.41) is 3.72. The summed E-state index contributed by atoms with van der Waals surface area (Å²) < 4.78 is 22.7. The van der Waals surface area contributed by atoms with Crippen molar-refractivity contribution in [2.24, 2.45) is 0 Å². The second-order valence-corrected chi connectivity index (χ2v) is 2.96. The van der Waals surface area contributed by atoms with Gasteiger partial charge in [0.15, 0.2) is 0 Å². The Labute approximate surface area is 85.4 Å². The van der Waals surface area contributed by atoms with E-state index >= 15 is 0 Å². The smallest absolute Gasteiger partial charge is 0.222 e. The predicted octanol–water partition coefficient (Wildman–Crippen LogP) is 2.07. The van der Waals surface area contributed by atoms with Crippen LogP contribution < -0.4 is 10.5 Å². The Morgan fingerprint density at radius 1 is 1.40 bits per heavy atom. The summed E-state index contributed by atoms with van der Waals surface area (Å²) >= 11 is 0. The van der Waals surface area contributed by atoms with Crippen molar-refractivity contribution in [2.75, 3.05) is 12.8 Å². The zero-order chi connectivity index (χ0) is 10.8. The third-order valence-electron chi connectivity index (χ3n) is 1.97. The van der Waals surface area contributed by atoms with Gasteiger partial charge in [-0.15, -0.1) is 0 Å². The number of benzene rings is 1. The molecule has 0 radical (unpaired) electrons. The highest BCUT2D eigenvalue weighted by Crippen LogP contribution is 2.30. The third kappa shape index (κ3) is 1.76. The number of halogens is 1. The van der Waals surface area contributed by atoms with E-state index in [-0.39, 0.29) is 11.7 Å². The number of nitrogen functional groups attached to an aromatic ring is 1. The molecule has 0 amide bonds. The molecule has 5 heteroatoms. The van der Waals surface area contributed by atoms with Gasteiger partial charge in [0.1, 0.15) is 17.3 Å². The van der Waals surface area contributed by atoms with Crippen molar-refractivity contribution >= 4 is 5.88 Å². The number of nitrogens with two attached hydrogens (primary N) is 1. The average molecular weight is 208 g/mol. The van der Waals surface area contributed by atoms with E-state index in [1.165, 1.54) is 19.2 Å². The minimum Gasteiger partial charge on any atom is -0.496 e. The van der Waals surface area contributed by atoms with Crippen molar-refractivity contribution < 1.29 is 13.7 Å². The maximum atomic E-state index is 12.9. The maximum absolute atomic E-state index is 12.9. The summed E-state index contributed by atoms with van der Waals surface area (Å²) in [5.41, 5.74) is 6.55. The molecule has 15 heavy (non-hydrogen) atoms. The number of nitrogens with zero attached hydrogens (tertiary/aromatic N) is 1. The molecule has 0 aliphatic heterocycles. The molecule has 0 bridgehead atoms. The van der Waals surface area contributed by atoms with Crippen LogP contribution in [-0.4, -0.2) is 12.3 Å². The lowest BCUT2D eigenvalue weighted by Gasteiger charge is -2.04. The number of ether oxygens (including phenoxy) is 1. The number of aromatic nitrogens is 1. The first kappa shape index (κ1) is 9.51. The van der Waals surface area contributed by atoms with Gasteiger partial charge in [0, 0.05) is 17.7 Å². The van der Waals surface area contributed by atoms with Gasteiger partial charge < -0.3 is 15.0 Å². The summed E-state index contributed by atoms with van der Waals surface area (Å²) in [5.74, 6) is 0.228. The second-order valence-electron chi connectivity index (χ2n) is 2.96. The molecule has 78 valence electrons. The molecular formula is C10H9FN2O2. The van der Waals surface area contributed by atoms with Crippen molar-refractivity contribution in [2.45, 2.75) is 0 Å². The second kappa shape index (κ2) is 3.61. The van der Waals surface area contributed by atoms with E-state index in [1.54, 1.807) is 12.1 Å². The van der Waals surface area contributed by atoms with Crippen molar-refractivity contribution in [3.63, 3.8) is 0 Å². The number of hydrogen-bond acceptors (Lipinski definition) is 4. The lowest BCUT2D eigenvalue weighted by molar-refractivity contribution is 0.410. The highest BCUT2D eigenvalue weighted by molar-refractivity contribution is 5.68. The monoisotopic (exact) mass is 208 g/mol. The van der Waals surface area contributed by atoms with Crippen LogP contribution in [0.1, 0.15) is 0 Å². The molecule has 2 N–H and O–H groups in total. The zero-order valence-corrected chi connectivity index (χ0v) is 8.03. The number of rotatable bonds is 2. The first-order valence-electron chi connectivity index (χ1n) is 4.27. The molecule has 2 rings (SSSR count). The Kier molecular flexibility index (Phi) is 2.29. The van der Waals surface area contributed by atoms with E-state index < -0.39 is 0 Å². The lowest BCUT2D eigenvalue weighted by atomic mass is 10.1. The van der Waals surface area contributed by atoms with Crippen molar-refractivity contribution in [3.05, 3.63) is 30.1 Å². The number of methoxy groups -OCH3 is 1. The average Bonchev–Trinajstić information content (AvgIpc) is 2.64. The normalized spacial score (nSPS) is 10.3. The summed E-state index contributed by atoms with van der Waals surface area (Å²) in [4.78, 5) is 0. The van der Waals surface area contributed by atoms with Gasteiger partial charge >= 0.3 is 0 Å². The molecule has 0 spiro atoms. The molecule has 0 aliphatic carbocycles. The van der Waals surface area contributed by atoms with Crippen molar-refractivity contribution in [1.29, 1.82) is 0 Å². The highest BCUT2D eigenvalue weighted by Gasteiger charge is 2.10. The summed E-state index contributed by atoms with van der Waals surface area (Å²) in [7, 11) is 1.46. The quantitative estimate of drug-likeness (QED) is 0.820. The van der Waals surface area contributed by atoms with Crippen LogP contribution in [0.2, 0.25) is 0 Å². The topological polar surface area (TPSA) is 61.3 Å². The molecule has 0 unspecified atom stereocenters. The minimum atomic E-state index is -0.368. The third-order valence-corrected chi connectivity index (χ3v) is 1.97. The van der Waals surface area contributed by atoms with Crippen LogP contribution in [0.3, 0.4) is 0 Å². The maximum Gasteiger partial charge on any atom is 0.222 e. The van der Waals surface area contributed by atoms with Crippen LogP contribution in [0.15, 0.2) is 28.8 Å². The Bertz CT molecular complexity index is 482. The summed E-state index contributed by atoms with van der Waals surface area (Å²) in [6.45, 7) is 0. The van der Waals surface area contributed by atoms with E-state index in [0.717, 1.165) is 0 Å². The lowest BCUT2D eigenvalue weighted by Crippen LogP contribution is -1.89. The molecule has 0 saturated heterocycles. The first-order chi connectivity index (χ1) is 7.20. The molecule has 1 aromatic heterocycles. The molecule has 2 aromatic rings. The van der Waals surface area contributed by atoms with Crippen LogP contribution in [0.25, 0.3) is 11.3 Å². The molecule has 0 fully saturated rings. The Morgan fingerprint density at radius 3 is 2.80 bits per heavy atom. The Hall–Kier alpha value is -2.04. The van der Waals surface area contributed by atoms with Crippen molar-refractivity contribution in [3.8, 4) is 17.0 Å². The fraction of sp³-hybridized carbons (Fsp3) is 0.100. The van der Waals surface area contributed by atoms with Crippen molar-refractivity contribution in [1.82, 2.24) is 5.16 Å². The van der Waals surface area contributed by atoms with Gasteiger partial charge in [0.05, 0.1) is 7.11 Å². The van der Waals surface area contributed by atoms with Gasteiger partial charge in [-0.3, -0.25) is 0 Å². The van der Waals surface area contributed by atoms with E-state index in [4.69, 9.17) is 15.0 Å². The van der Waals surface area contributed by atoms with Gasteiger partial charge in [-0.2, -0.15) is 0 Å². The summed E-state index contributed by atoms with van der Waals surface area (Å²) in [6, 6.07) is 5.71. The molecule has 0 saturated carbocycles. The molecule has 1 heterocycles. The molecule has 4 nitrogen and oxygen atoms in total. The van der Waals surface area contributed by atoms with Crippen LogP contribution in [0.5, 0.6) is 5.75 Å². The molecule has 0 atom stereocenters. The molecular weight excluding hydrogens is 199 g/mol. The van der Waals surface area contributed by atoms with Crippen LogP contribution in [0, 0.1) is 5.82 Å². The first-order valence-corrected chi connectivity index (χ1v) is 4.27. The van der Waals surface area contributed by atoms with Crippen LogP contribution >= 0.6 is 0 Å². The Balaban J connectivity index is 2.52. The molecule has 0 aliphatic rings. The SMILES string of the molecule is COc1cc(F)ccc1-c1cc(N)on1.